The average molecular weight is 208 g/mol. The van der Waals surface area contributed by atoms with E-state index < -0.39 is 0 Å². The van der Waals surface area contributed by atoms with Gasteiger partial charge < -0.3 is 11.5 Å². The number of nitriles is 1. The van der Waals surface area contributed by atoms with E-state index in [0.717, 1.165) is 24.0 Å². The van der Waals surface area contributed by atoms with Gasteiger partial charge in [0.05, 0.1) is 16.3 Å². The smallest absolute Gasteiger partial charge is 0.101 e. The fraction of sp³-hybridized carbons (Fsp3) is 0.300. The van der Waals surface area contributed by atoms with Gasteiger partial charge in [-0.3, -0.25) is 0 Å². The summed E-state index contributed by atoms with van der Waals surface area (Å²) in [4.78, 5) is 0. The number of anilines is 1. The molecular formula is C10H10ClN3. The maximum atomic E-state index is 8.82. The summed E-state index contributed by atoms with van der Waals surface area (Å²) < 4.78 is 0. The van der Waals surface area contributed by atoms with Crippen molar-refractivity contribution in [2.45, 2.75) is 18.9 Å². The van der Waals surface area contributed by atoms with Crippen LogP contribution in [0.15, 0.2) is 6.07 Å². The van der Waals surface area contributed by atoms with Gasteiger partial charge in [0, 0.05) is 6.04 Å². The van der Waals surface area contributed by atoms with Crippen molar-refractivity contribution in [3.8, 4) is 6.07 Å². The van der Waals surface area contributed by atoms with E-state index in [9.17, 15) is 0 Å². The molecule has 1 aliphatic rings. The number of hydrogen-bond donors (Lipinski definition) is 2. The predicted octanol–water partition coefficient (Wildman–Crippen LogP) is 1.74. The van der Waals surface area contributed by atoms with Gasteiger partial charge in [-0.05, 0) is 30.0 Å². The first kappa shape index (κ1) is 9.32. The van der Waals surface area contributed by atoms with Crippen molar-refractivity contribution in [1.29, 1.82) is 5.26 Å². The summed E-state index contributed by atoms with van der Waals surface area (Å²) in [5.74, 6) is 0. The molecule has 0 aromatic heterocycles. The Balaban J connectivity index is 2.70. The molecule has 2 rings (SSSR count). The van der Waals surface area contributed by atoms with Gasteiger partial charge in [-0.25, -0.2) is 0 Å². The molecule has 0 saturated carbocycles. The molecule has 1 atom stereocenters. The monoisotopic (exact) mass is 207 g/mol. The standard InChI is InChI=1S/C10H10ClN3/c11-9-8-5(1-2-7(8)13)3-6(4-12)10(9)14/h3,7H,1-2,13-14H2/t7-/m0/s1. The second kappa shape index (κ2) is 3.16. The first-order valence-corrected chi connectivity index (χ1v) is 4.79. The van der Waals surface area contributed by atoms with E-state index >= 15 is 0 Å². The maximum Gasteiger partial charge on any atom is 0.101 e. The molecule has 0 bridgehead atoms. The quantitative estimate of drug-likeness (QED) is 0.637. The molecule has 1 aromatic carbocycles. The van der Waals surface area contributed by atoms with Crippen LogP contribution in [-0.4, -0.2) is 0 Å². The predicted molar refractivity (Wildman–Crippen MR) is 55.8 cm³/mol. The number of halogens is 1. The first-order chi connectivity index (χ1) is 6.65. The molecule has 0 spiro atoms. The Morgan fingerprint density at radius 2 is 2.29 bits per heavy atom. The van der Waals surface area contributed by atoms with E-state index in [4.69, 9.17) is 28.3 Å². The average Bonchev–Trinajstić information content (AvgIpc) is 2.54. The van der Waals surface area contributed by atoms with Gasteiger partial charge in [0.2, 0.25) is 0 Å². The number of rotatable bonds is 0. The van der Waals surface area contributed by atoms with E-state index in [0.29, 0.717) is 16.3 Å². The fourth-order valence-electron chi connectivity index (χ4n) is 1.89. The highest BCUT2D eigenvalue weighted by atomic mass is 35.5. The Morgan fingerprint density at radius 3 is 2.93 bits per heavy atom. The van der Waals surface area contributed by atoms with Crippen molar-refractivity contribution in [2.24, 2.45) is 5.73 Å². The summed E-state index contributed by atoms with van der Waals surface area (Å²) in [5, 5.41) is 9.28. The third-order valence-corrected chi connectivity index (χ3v) is 3.05. The van der Waals surface area contributed by atoms with Crippen LogP contribution >= 0.6 is 11.6 Å². The van der Waals surface area contributed by atoms with Crippen LogP contribution in [0.5, 0.6) is 0 Å². The summed E-state index contributed by atoms with van der Waals surface area (Å²) in [7, 11) is 0. The SMILES string of the molecule is N#Cc1cc2c(c(Cl)c1N)[C@@H](N)CC2. The minimum atomic E-state index is -0.0347. The zero-order chi connectivity index (χ0) is 10.3. The molecule has 3 nitrogen and oxygen atoms in total. The molecule has 0 saturated heterocycles. The minimum absolute atomic E-state index is 0.0347. The maximum absolute atomic E-state index is 8.82. The summed E-state index contributed by atoms with van der Waals surface area (Å²) in [6, 6.07) is 3.79. The summed E-state index contributed by atoms with van der Waals surface area (Å²) in [6.45, 7) is 0. The topological polar surface area (TPSA) is 75.8 Å². The Kier molecular flexibility index (Phi) is 2.10. The lowest BCUT2D eigenvalue weighted by Crippen LogP contribution is -2.07. The van der Waals surface area contributed by atoms with Crippen molar-refractivity contribution in [1.82, 2.24) is 0 Å². The van der Waals surface area contributed by atoms with Crippen molar-refractivity contribution in [2.75, 3.05) is 5.73 Å². The van der Waals surface area contributed by atoms with Gasteiger partial charge in [-0.2, -0.15) is 5.26 Å². The zero-order valence-corrected chi connectivity index (χ0v) is 8.30. The third-order valence-electron chi connectivity index (χ3n) is 2.64. The van der Waals surface area contributed by atoms with Crippen LogP contribution in [-0.2, 0) is 6.42 Å². The Bertz CT molecular complexity index is 434. The fourth-order valence-corrected chi connectivity index (χ4v) is 2.25. The molecule has 0 amide bonds. The van der Waals surface area contributed by atoms with Crippen molar-refractivity contribution in [3.63, 3.8) is 0 Å². The summed E-state index contributed by atoms with van der Waals surface area (Å²) >= 11 is 6.06. The van der Waals surface area contributed by atoms with Crippen molar-refractivity contribution < 1.29 is 0 Å². The second-order valence-corrected chi connectivity index (χ2v) is 3.86. The van der Waals surface area contributed by atoms with Crippen LogP contribution in [0.4, 0.5) is 5.69 Å². The molecule has 0 fully saturated rings. The van der Waals surface area contributed by atoms with Crippen molar-refractivity contribution in [3.05, 3.63) is 27.8 Å². The van der Waals surface area contributed by atoms with Crippen LogP contribution < -0.4 is 11.5 Å². The number of benzene rings is 1. The Morgan fingerprint density at radius 1 is 1.57 bits per heavy atom. The zero-order valence-electron chi connectivity index (χ0n) is 7.55. The summed E-state index contributed by atoms with van der Waals surface area (Å²) in [6.07, 6.45) is 1.76. The lowest BCUT2D eigenvalue weighted by atomic mass is 10.0. The number of nitrogens with zero attached hydrogens (tertiary/aromatic N) is 1. The lowest BCUT2D eigenvalue weighted by molar-refractivity contribution is 0.713. The van der Waals surface area contributed by atoms with E-state index in [2.05, 4.69) is 0 Å². The van der Waals surface area contributed by atoms with Gasteiger partial charge >= 0.3 is 0 Å². The third kappa shape index (κ3) is 1.16. The molecule has 1 aliphatic carbocycles. The van der Waals surface area contributed by atoms with Gasteiger partial charge in [-0.15, -0.1) is 0 Å². The number of hydrogen-bond acceptors (Lipinski definition) is 3. The van der Waals surface area contributed by atoms with Gasteiger partial charge in [0.15, 0.2) is 0 Å². The van der Waals surface area contributed by atoms with Crippen LogP contribution in [0.1, 0.15) is 29.2 Å². The van der Waals surface area contributed by atoms with Gasteiger partial charge in [0.1, 0.15) is 6.07 Å². The van der Waals surface area contributed by atoms with E-state index in [1.807, 2.05) is 6.07 Å². The van der Waals surface area contributed by atoms with E-state index in [1.165, 1.54) is 0 Å². The number of aryl methyl sites for hydroxylation is 1. The number of nitrogen functional groups attached to an aromatic ring is 1. The molecule has 1 aromatic rings. The lowest BCUT2D eigenvalue weighted by Gasteiger charge is -2.10. The van der Waals surface area contributed by atoms with Crippen molar-refractivity contribution >= 4 is 17.3 Å². The number of nitrogens with two attached hydrogens (primary N) is 2. The highest BCUT2D eigenvalue weighted by Crippen LogP contribution is 2.39. The molecular weight excluding hydrogens is 198 g/mol. The first-order valence-electron chi connectivity index (χ1n) is 4.41. The number of fused-ring (bicyclic) bond motifs is 1. The Hall–Kier alpha value is -1.24. The highest BCUT2D eigenvalue weighted by molar-refractivity contribution is 6.34. The van der Waals surface area contributed by atoms with E-state index in [1.54, 1.807) is 6.07 Å². The second-order valence-electron chi connectivity index (χ2n) is 3.48. The van der Waals surface area contributed by atoms with Crippen LogP contribution in [0.3, 0.4) is 0 Å². The van der Waals surface area contributed by atoms with E-state index in [-0.39, 0.29) is 6.04 Å². The molecule has 0 unspecified atom stereocenters. The molecule has 0 aliphatic heterocycles. The highest BCUT2D eigenvalue weighted by Gasteiger charge is 2.24. The van der Waals surface area contributed by atoms with Crippen LogP contribution in [0.25, 0.3) is 0 Å². The summed E-state index contributed by atoms with van der Waals surface area (Å²) in [5.41, 5.74) is 14.4. The van der Waals surface area contributed by atoms with Crippen LogP contribution in [0, 0.1) is 11.3 Å². The largest absolute Gasteiger partial charge is 0.396 e. The van der Waals surface area contributed by atoms with Gasteiger partial charge in [-0.1, -0.05) is 11.6 Å². The molecule has 14 heavy (non-hydrogen) atoms. The van der Waals surface area contributed by atoms with Gasteiger partial charge in [0.25, 0.3) is 0 Å². The Labute approximate surface area is 87.3 Å². The molecule has 72 valence electrons. The molecule has 4 heteroatoms. The normalized spacial score (nSPS) is 19.1. The molecule has 0 radical (unpaired) electrons. The molecule has 0 heterocycles. The van der Waals surface area contributed by atoms with Crippen LogP contribution in [0.2, 0.25) is 5.02 Å². The molecule has 4 N–H and O–H groups in total. The minimum Gasteiger partial charge on any atom is -0.396 e.